The lowest BCUT2D eigenvalue weighted by molar-refractivity contribution is 0.417. The Balaban J connectivity index is 2.41. The molecule has 2 aromatic carbocycles. The van der Waals surface area contributed by atoms with Crippen LogP contribution < -0.4 is 15.2 Å². The van der Waals surface area contributed by atoms with Crippen molar-refractivity contribution in [1.82, 2.24) is 0 Å². The molecule has 0 saturated carbocycles. The maximum atomic E-state index is 12.4. The molecule has 0 spiro atoms. The van der Waals surface area contributed by atoms with E-state index in [1.54, 1.807) is 49.4 Å². The van der Waals surface area contributed by atoms with Crippen molar-refractivity contribution in [1.29, 1.82) is 0 Å². The monoisotopic (exact) mass is 292 g/mol. The molecule has 20 heavy (non-hydrogen) atoms. The van der Waals surface area contributed by atoms with Gasteiger partial charge in [-0.1, -0.05) is 18.2 Å². The van der Waals surface area contributed by atoms with E-state index in [0.717, 1.165) is 0 Å². The lowest BCUT2D eigenvalue weighted by Gasteiger charge is -2.13. The van der Waals surface area contributed by atoms with Gasteiger partial charge in [-0.05, 0) is 30.7 Å². The van der Waals surface area contributed by atoms with Crippen LogP contribution in [0.2, 0.25) is 0 Å². The van der Waals surface area contributed by atoms with Crippen molar-refractivity contribution in [2.75, 3.05) is 17.6 Å². The smallest absolute Gasteiger partial charge is 0.262 e. The van der Waals surface area contributed by atoms with Gasteiger partial charge >= 0.3 is 0 Å². The molecule has 0 aliphatic rings. The number of rotatable bonds is 4. The van der Waals surface area contributed by atoms with E-state index in [-0.39, 0.29) is 4.90 Å². The zero-order valence-corrected chi connectivity index (χ0v) is 12.1. The third kappa shape index (κ3) is 2.85. The Kier molecular flexibility index (Phi) is 3.85. The number of methoxy groups -OCH3 is 1. The number of nitrogen functional groups attached to an aromatic ring is 1. The van der Waals surface area contributed by atoms with Crippen LogP contribution in [0.4, 0.5) is 11.4 Å². The van der Waals surface area contributed by atoms with Gasteiger partial charge in [0.2, 0.25) is 0 Å². The van der Waals surface area contributed by atoms with Crippen LogP contribution in [0.15, 0.2) is 47.4 Å². The number of anilines is 2. The Morgan fingerprint density at radius 1 is 1.15 bits per heavy atom. The fourth-order valence-corrected chi connectivity index (χ4v) is 3.17. The number of ether oxygens (including phenoxy) is 1. The Morgan fingerprint density at radius 2 is 1.85 bits per heavy atom. The SMILES string of the molecule is COc1cc(N)ccc1NS(=O)(=O)c1ccccc1C. The van der Waals surface area contributed by atoms with Gasteiger partial charge in [-0.25, -0.2) is 8.42 Å². The van der Waals surface area contributed by atoms with E-state index in [9.17, 15) is 8.42 Å². The van der Waals surface area contributed by atoms with E-state index >= 15 is 0 Å². The lowest BCUT2D eigenvalue weighted by atomic mass is 10.2. The molecule has 0 amide bonds. The highest BCUT2D eigenvalue weighted by Crippen LogP contribution is 2.29. The summed E-state index contributed by atoms with van der Waals surface area (Å²) in [7, 11) is -2.20. The minimum absolute atomic E-state index is 0.235. The molecule has 0 radical (unpaired) electrons. The molecule has 0 aliphatic carbocycles. The Hall–Kier alpha value is -2.21. The first-order chi connectivity index (χ1) is 9.44. The Labute approximate surface area is 118 Å². The summed E-state index contributed by atoms with van der Waals surface area (Å²) in [5, 5.41) is 0. The van der Waals surface area contributed by atoms with Crippen LogP contribution in [0.25, 0.3) is 0 Å². The second kappa shape index (κ2) is 5.42. The van der Waals surface area contributed by atoms with Gasteiger partial charge in [0.15, 0.2) is 0 Å². The molecular weight excluding hydrogens is 276 g/mol. The van der Waals surface area contributed by atoms with Crippen LogP contribution in [0, 0.1) is 6.92 Å². The summed E-state index contributed by atoms with van der Waals surface area (Å²) in [6, 6.07) is 11.5. The zero-order valence-electron chi connectivity index (χ0n) is 11.3. The van der Waals surface area contributed by atoms with Gasteiger partial charge in [-0.2, -0.15) is 0 Å². The van der Waals surface area contributed by atoms with Gasteiger partial charge in [0.05, 0.1) is 17.7 Å². The van der Waals surface area contributed by atoms with E-state index in [1.807, 2.05) is 0 Å². The van der Waals surface area contributed by atoms with Crippen molar-refractivity contribution in [2.24, 2.45) is 0 Å². The summed E-state index contributed by atoms with van der Waals surface area (Å²) >= 11 is 0. The highest BCUT2D eigenvalue weighted by Gasteiger charge is 2.18. The summed E-state index contributed by atoms with van der Waals surface area (Å²) in [6.45, 7) is 1.74. The van der Waals surface area contributed by atoms with Crippen LogP contribution in [0.5, 0.6) is 5.75 Å². The van der Waals surface area contributed by atoms with E-state index < -0.39 is 10.0 Å². The minimum Gasteiger partial charge on any atom is -0.494 e. The third-order valence-corrected chi connectivity index (χ3v) is 4.38. The predicted molar refractivity (Wildman–Crippen MR) is 79.4 cm³/mol. The molecule has 106 valence electrons. The predicted octanol–water partition coefficient (Wildman–Crippen LogP) is 2.39. The van der Waals surface area contributed by atoms with E-state index in [1.165, 1.54) is 7.11 Å². The highest BCUT2D eigenvalue weighted by atomic mass is 32.2. The maximum Gasteiger partial charge on any atom is 0.262 e. The largest absolute Gasteiger partial charge is 0.494 e. The average Bonchev–Trinajstić information content (AvgIpc) is 2.41. The first kappa shape index (κ1) is 14.2. The first-order valence-electron chi connectivity index (χ1n) is 5.96. The van der Waals surface area contributed by atoms with Crippen LogP contribution >= 0.6 is 0 Å². The molecule has 0 fully saturated rings. The van der Waals surface area contributed by atoms with Crippen molar-refractivity contribution in [3.8, 4) is 5.75 Å². The molecule has 0 atom stereocenters. The van der Waals surface area contributed by atoms with Gasteiger partial charge in [-0.3, -0.25) is 4.72 Å². The fraction of sp³-hybridized carbons (Fsp3) is 0.143. The fourth-order valence-electron chi connectivity index (χ4n) is 1.85. The number of hydrogen-bond acceptors (Lipinski definition) is 4. The van der Waals surface area contributed by atoms with Crippen LogP contribution in [-0.4, -0.2) is 15.5 Å². The molecule has 0 unspecified atom stereocenters. The molecule has 0 heterocycles. The number of sulfonamides is 1. The summed E-state index contributed by atoms with van der Waals surface area (Å²) in [4.78, 5) is 0.235. The van der Waals surface area contributed by atoms with E-state index in [0.29, 0.717) is 22.7 Å². The molecule has 5 nitrogen and oxygen atoms in total. The molecule has 3 N–H and O–H groups in total. The number of benzene rings is 2. The summed E-state index contributed by atoms with van der Waals surface area (Å²) in [6.07, 6.45) is 0. The second-order valence-corrected chi connectivity index (χ2v) is 5.98. The topological polar surface area (TPSA) is 81.4 Å². The number of nitrogens with two attached hydrogens (primary N) is 1. The van der Waals surface area contributed by atoms with Crippen LogP contribution in [-0.2, 0) is 10.0 Å². The van der Waals surface area contributed by atoms with Crippen LogP contribution in [0.1, 0.15) is 5.56 Å². The molecule has 0 saturated heterocycles. The quantitative estimate of drug-likeness (QED) is 0.848. The summed E-state index contributed by atoms with van der Waals surface area (Å²) in [5.41, 5.74) is 7.17. The molecule has 0 aliphatic heterocycles. The van der Waals surface area contributed by atoms with Crippen LogP contribution in [0.3, 0.4) is 0 Å². The normalized spacial score (nSPS) is 11.1. The molecule has 2 aromatic rings. The standard InChI is InChI=1S/C14H16N2O3S/c1-10-5-3-4-6-14(10)20(17,18)16-12-8-7-11(15)9-13(12)19-2/h3-9,16H,15H2,1-2H3. The van der Waals surface area contributed by atoms with E-state index in [4.69, 9.17) is 10.5 Å². The minimum atomic E-state index is -3.66. The first-order valence-corrected chi connectivity index (χ1v) is 7.44. The zero-order chi connectivity index (χ0) is 14.8. The maximum absolute atomic E-state index is 12.4. The van der Waals surface area contributed by atoms with Crippen molar-refractivity contribution in [2.45, 2.75) is 11.8 Å². The van der Waals surface area contributed by atoms with Crippen molar-refractivity contribution < 1.29 is 13.2 Å². The lowest BCUT2D eigenvalue weighted by Crippen LogP contribution is -2.14. The molecule has 6 heteroatoms. The molecule has 2 rings (SSSR count). The number of aryl methyl sites for hydroxylation is 1. The Bertz CT molecular complexity index is 727. The van der Waals surface area contributed by atoms with Crippen molar-refractivity contribution in [3.05, 3.63) is 48.0 Å². The molecular formula is C14H16N2O3S. The third-order valence-electron chi connectivity index (χ3n) is 2.85. The number of nitrogens with one attached hydrogen (secondary N) is 1. The van der Waals surface area contributed by atoms with Gasteiger partial charge in [-0.15, -0.1) is 0 Å². The van der Waals surface area contributed by atoms with Gasteiger partial charge < -0.3 is 10.5 Å². The number of hydrogen-bond donors (Lipinski definition) is 2. The highest BCUT2D eigenvalue weighted by molar-refractivity contribution is 7.92. The second-order valence-electron chi connectivity index (χ2n) is 4.33. The van der Waals surface area contributed by atoms with Gasteiger partial charge in [0.1, 0.15) is 5.75 Å². The molecule has 0 aromatic heterocycles. The molecule has 0 bridgehead atoms. The summed E-state index contributed by atoms with van der Waals surface area (Å²) < 4.78 is 32.4. The van der Waals surface area contributed by atoms with E-state index in [2.05, 4.69) is 4.72 Å². The Morgan fingerprint density at radius 3 is 2.50 bits per heavy atom. The van der Waals surface area contributed by atoms with Crippen molar-refractivity contribution in [3.63, 3.8) is 0 Å². The van der Waals surface area contributed by atoms with Crippen molar-refractivity contribution >= 4 is 21.4 Å². The van der Waals surface area contributed by atoms with Gasteiger partial charge in [0.25, 0.3) is 10.0 Å². The average molecular weight is 292 g/mol. The van der Waals surface area contributed by atoms with Gasteiger partial charge in [0, 0.05) is 11.8 Å². The summed E-state index contributed by atoms with van der Waals surface area (Å²) in [5.74, 6) is 0.377.